The molecule has 0 aliphatic rings. The number of aliphatic hydroxyl groups excluding tert-OH is 1. The first-order valence-electron chi connectivity index (χ1n) is 5.99. The van der Waals surface area contributed by atoms with Crippen molar-refractivity contribution in [2.75, 3.05) is 6.61 Å². The van der Waals surface area contributed by atoms with Gasteiger partial charge in [0, 0.05) is 17.2 Å². The SMILES string of the molecule is OCCc1ccc(Cl)c(-c2ccc(C(F)(F)F)cc2)c1. The maximum Gasteiger partial charge on any atom is 0.416 e. The van der Waals surface area contributed by atoms with E-state index < -0.39 is 11.7 Å². The molecule has 0 saturated heterocycles. The first kappa shape index (κ1) is 14.9. The lowest BCUT2D eigenvalue weighted by atomic mass is 10.0. The molecule has 2 rings (SSSR count). The van der Waals surface area contributed by atoms with Gasteiger partial charge < -0.3 is 5.11 Å². The van der Waals surface area contributed by atoms with E-state index >= 15 is 0 Å². The van der Waals surface area contributed by atoms with Crippen LogP contribution in [0.4, 0.5) is 13.2 Å². The lowest BCUT2D eigenvalue weighted by molar-refractivity contribution is -0.137. The van der Waals surface area contributed by atoms with Crippen LogP contribution in [0, 0.1) is 0 Å². The van der Waals surface area contributed by atoms with Gasteiger partial charge in [0.15, 0.2) is 0 Å². The van der Waals surface area contributed by atoms with Crippen molar-refractivity contribution in [2.24, 2.45) is 0 Å². The van der Waals surface area contributed by atoms with Crippen molar-refractivity contribution in [3.63, 3.8) is 0 Å². The average molecular weight is 301 g/mol. The van der Waals surface area contributed by atoms with Crippen LogP contribution in [0.5, 0.6) is 0 Å². The van der Waals surface area contributed by atoms with Crippen LogP contribution in [-0.2, 0) is 12.6 Å². The van der Waals surface area contributed by atoms with E-state index in [9.17, 15) is 13.2 Å². The molecule has 0 aromatic heterocycles. The predicted molar refractivity (Wildman–Crippen MR) is 72.7 cm³/mol. The van der Waals surface area contributed by atoms with E-state index in [0.717, 1.165) is 17.7 Å². The molecule has 0 aliphatic carbocycles. The maximum atomic E-state index is 12.5. The van der Waals surface area contributed by atoms with E-state index in [1.807, 2.05) is 0 Å². The molecule has 0 bridgehead atoms. The monoisotopic (exact) mass is 300 g/mol. The fourth-order valence-corrected chi connectivity index (χ4v) is 2.14. The molecule has 0 fully saturated rings. The van der Waals surface area contributed by atoms with Crippen LogP contribution < -0.4 is 0 Å². The van der Waals surface area contributed by atoms with Gasteiger partial charge in [-0.25, -0.2) is 0 Å². The molecule has 2 aromatic rings. The molecule has 1 nitrogen and oxygen atoms in total. The van der Waals surface area contributed by atoms with Crippen LogP contribution in [0.25, 0.3) is 11.1 Å². The van der Waals surface area contributed by atoms with Gasteiger partial charge in [-0.1, -0.05) is 29.8 Å². The lowest BCUT2D eigenvalue weighted by Gasteiger charge is -2.10. The molecule has 0 atom stereocenters. The van der Waals surface area contributed by atoms with E-state index in [1.54, 1.807) is 18.2 Å². The number of hydrogen-bond acceptors (Lipinski definition) is 1. The van der Waals surface area contributed by atoms with E-state index in [4.69, 9.17) is 16.7 Å². The highest BCUT2D eigenvalue weighted by molar-refractivity contribution is 6.33. The van der Waals surface area contributed by atoms with E-state index in [-0.39, 0.29) is 6.61 Å². The van der Waals surface area contributed by atoms with Crippen molar-refractivity contribution in [1.82, 2.24) is 0 Å². The van der Waals surface area contributed by atoms with Crippen LogP contribution in [0.1, 0.15) is 11.1 Å². The van der Waals surface area contributed by atoms with Gasteiger partial charge in [0.25, 0.3) is 0 Å². The molecular weight excluding hydrogens is 289 g/mol. The van der Waals surface area contributed by atoms with Crippen LogP contribution in [-0.4, -0.2) is 11.7 Å². The number of alkyl halides is 3. The topological polar surface area (TPSA) is 20.2 Å². The van der Waals surface area contributed by atoms with Crippen LogP contribution in [0.15, 0.2) is 42.5 Å². The number of hydrogen-bond donors (Lipinski definition) is 1. The Morgan fingerprint density at radius 2 is 1.65 bits per heavy atom. The van der Waals surface area contributed by atoms with Crippen LogP contribution >= 0.6 is 11.6 Å². The summed E-state index contributed by atoms with van der Waals surface area (Å²) >= 11 is 6.08. The quantitative estimate of drug-likeness (QED) is 0.881. The van der Waals surface area contributed by atoms with Crippen molar-refractivity contribution in [3.05, 3.63) is 58.6 Å². The minimum atomic E-state index is -4.35. The summed E-state index contributed by atoms with van der Waals surface area (Å²) in [5, 5.41) is 9.38. The van der Waals surface area contributed by atoms with Gasteiger partial charge in [-0.3, -0.25) is 0 Å². The Balaban J connectivity index is 2.38. The Kier molecular flexibility index (Phi) is 4.35. The molecule has 0 heterocycles. The van der Waals surface area contributed by atoms with Gasteiger partial charge in [-0.05, 0) is 41.8 Å². The third kappa shape index (κ3) is 3.32. The zero-order valence-electron chi connectivity index (χ0n) is 10.4. The van der Waals surface area contributed by atoms with Crippen molar-refractivity contribution in [2.45, 2.75) is 12.6 Å². The number of benzene rings is 2. The molecule has 0 aliphatic heterocycles. The Morgan fingerprint density at radius 1 is 1.00 bits per heavy atom. The number of aliphatic hydroxyl groups is 1. The van der Waals surface area contributed by atoms with Gasteiger partial charge in [-0.2, -0.15) is 13.2 Å². The first-order valence-corrected chi connectivity index (χ1v) is 6.36. The molecule has 0 saturated carbocycles. The van der Waals surface area contributed by atoms with Gasteiger partial charge >= 0.3 is 6.18 Å². The van der Waals surface area contributed by atoms with Crippen molar-refractivity contribution in [3.8, 4) is 11.1 Å². The summed E-state index contributed by atoms with van der Waals surface area (Å²) < 4.78 is 37.5. The largest absolute Gasteiger partial charge is 0.416 e. The molecule has 1 N–H and O–H groups in total. The normalized spacial score (nSPS) is 11.7. The minimum absolute atomic E-state index is 0.00802. The second-order valence-corrected chi connectivity index (χ2v) is 4.77. The molecule has 0 spiro atoms. The predicted octanol–water partition coefficient (Wildman–Crippen LogP) is 4.56. The van der Waals surface area contributed by atoms with E-state index in [2.05, 4.69) is 0 Å². The molecular formula is C15H12ClF3O. The highest BCUT2D eigenvalue weighted by Gasteiger charge is 2.30. The third-order valence-corrected chi connectivity index (χ3v) is 3.28. The van der Waals surface area contributed by atoms with E-state index in [1.165, 1.54) is 12.1 Å². The number of halogens is 4. The fourth-order valence-electron chi connectivity index (χ4n) is 1.92. The van der Waals surface area contributed by atoms with Crippen molar-refractivity contribution < 1.29 is 18.3 Å². The van der Waals surface area contributed by atoms with Gasteiger partial charge in [-0.15, -0.1) is 0 Å². The average Bonchev–Trinajstić information content (AvgIpc) is 2.40. The Labute approximate surface area is 119 Å². The summed E-state index contributed by atoms with van der Waals surface area (Å²) in [7, 11) is 0. The summed E-state index contributed by atoms with van der Waals surface area (Å²) in [6.07, 6.45) is -3.87. The van der Waals surface area contributed by atoms with Crippen LogP contribution in [0.3, 0.4) is 0 Å². The molecule has 5 heteroatoms. The van der Waals surface area contributed by atoms with Gasteiger partial charge in [0.1, 0.15) is 0 Å². The Bertz CT molecular complexity index is 591. The summed E-state index contributed by atoms with van der Waals surface area (Å²) in [5.74, 6) is 0. The maximum absolute atomic E-state index is 12.5. The zero-order valence-corrected chi connectivity index (χ0v) is 11.2. The van der Waals surface area contributed by atoms with Gasteiger partial charge in [0.05, 0.1) is 5.56 Å². The summed E-state index contributed by atoms with van der Waals surface area (Å²) in [5.41, 5.74) is 1.46. The summed E-state index contributed by atoms with van der Waals surface area (Å²) in [6, 6.07) is 10.1. The lowest BCUT2D eigenvalue weighted by Crippen LogP contribution is -2.04. The second-order valence-electron chi connectivity index (χ2n) is 4.36. The number of rotatable bonds is 3. The molecule has 0 amide bonds. The smallest absolute Gasteiger partial charge is 0.396 e. The van der Waals surface area contributed by atoms with Gasteiger partial charge in [0.2, 0.25) is 0 Å². The molecule has 106 valence electrons. The zero-order chi connectivity index (χ0) is 14.8. The first-order chi connectivity index (χ1) is 9.41. The Morgan fingerprint density at radius 3 is 2.20 bits per heavy atom. The minimum Gasteiger partial charge on any atom is -0.396 e. The molecule has 2 aromatic carbocycles. The fraction of sp³-hybridized carbons (Fsp3) is 0.200. The standard InChI is InChI=1S/C15H12ClF3O/c16-14-6-1-10(7-8-20)9-13(14)11-2-4-12(5-3-11)15(17,18)19/h1-6,9,20H,7-8H2. The highest BCUT2D eigenvalue weighted by atomic mass is 35.5. The second kappa shape index (κ2) is 5.85. The van der Waals surface area contributed by atoms with Crippen LogP contribution in [0.2, 0.25) is 5.02 Å². The van der Waals surface area contributed by atoms with Crippen molar-refractivity contribution >= 4 is 11.6 Å². The Hall–Kier alpha value is -1.52. The summed E-state index contributed by atoms with van der Waals surface area (Å²) in [4.78, 5) is 0. The molecule has 20 heavy (non-hydrogen) atoms. The van der Waals surface area contributed by atoms with Crippen molar-refractivity contribution in [1.29, 1.82) is 0 Å². The molecule has 0 radical (unpaired) electrons. The van der Waals surface area contributed by atoms with E-state index in [0.29, 0.717) is 22.6 Å². The highest BCUT2D eigenvalue weighted by Crippen LogP contribution is 2.33. The third-order valence-electron chi connectivity index (χ3n) is 2.95. The molecule has 0 unspecified atom stereocenters. The summed E-state index contributed by atoms with van der Waals surface area (Å²) in [6.45, 7) is 0.00802.